The number of hydrogen-bond donors (Lipinski definition) is 1. The number of fused-ring (bicyclic) bond motifs is 1. The molecule has 2 aromatic carbocycles. The van der Waals surface area contributed by atoms with Crippen molar-refractivity contribution in [2.24, 2.45) is 0 Å². The normalized spacial score (nSPS) is 12.8. The molecule has 132 valence electrons. The summed E-state index contributed by atoms with van der Waals surface area (Å²) in [6.45, 7) is 15.0. The maximum atomic E-state index is 11.1. The number of nitrogens with zero attached hydrogens (tertiary/aromatic N) is 3. The third kappa shape index (κ3) is 3.01. The molecule has 0 fully saturated rings. The van der Waals surface area contributed by atoms with Gasteiger partial charge in [-0.05, 0) is 47.1 Å². The van der Waals surface area contributed by atoms with Crippen molar-refractivity contribution in [3.63, 3.8) is 0 Å². The molecule has 0 saturated heterocycles. The lowest BCUT2D eigenvalue weighted by atomic mass is 9.76. The minimum Gasteiger partial charge on any atom is -0.505 e. The third-order valence-electron chi connectivity index (χ3n) is 4.60. The number of phenols is 1. The minimum absolute atomic E-state index is 0.0426. The van der Waals surface area contributed by atoms with Crippen LogP contribution in [0.5, 0.6) is 5.75 Å². The van der Waals surface area contributed by atoms with E-state index in [0.717, 1.165) is 22.2 Å². The van der Waals surface area contributed by atoms with Gasteiger partial charge in [0.2, 0.25) is 0 Å². The van der Waals surface area contributed by atoms with Crippen molar-refractivity contribution in [3.05, 3.63) is 47.0 Å². The Bertz CT molecular complexity index is 907. The van der Waals surface area contributed by atoms with Crippen molar-refractivity contribution in [2.75, 3.05) is 0 Å². The van der Waals surface area contributed by atoms with Gasteiger partial charge >= 0.3 is 0 Å². The molecule has 3 aromatic rings. The molecule has 0 amide bonds. The smallest absolute Gasteiger partial charge is 0.147 e. The summed E-state index contributed by atoms with van der Waals surface area (Å²) < 4.78 is 0. The molecule has 0 unspecified atom stereocenters. The van der Waals surface area contributed by atoms with Crippen LogP contribution in [0.3, 0.4) is 0 Å². The molecule has 1 aromatic heterocycles. The Morgan fingerprint density at radius 1 is 0.880 bits per heavy atom. The number of aromatic hydroxyl groups is 1. The summed E-state index contributed by atoms with van der Waals surface area (Å²) >= 11 is 0. The largest absolute Gasteiger partial charge is 0.505 e. The van der Waals surface area contributed by atoms with E-state index in [0.29, 0.717) is 5.69 Å². The molecular weight excluding hydrogens is 310 g/mol. The van der Waals surface area contributed by atoms with Gasteiger partial charge in [-0.15, -0.1) is 15.0 Å². The lowest BCUT2D eigenvalue weighted by molar-refractivity contribution is 0.436. The summed E-state index contributed by atoms with van der Waals surface area (Å²) in [6, 6.07) is 9.77. The second-order valence-electron chi connectivity index (χ2n) is 8.77. The van der Waals surface area contributed by atoms with Crippen LogP contribution in [-0.2, 0) is 10.8 Å². The molecule has 1 N–H and O–H groups in total. The van der Waals surface area contributed by atoms with E-state index in [-0.39, 0.29) is 16.6 Å². The zero-order valence-corrected chi connectivity index (χ0v) is 16.2. The van der Waals surface area contributed by atoms with Gasteiger partial charge in [0.15, 0.2) is 0 Å². The summed E-state index contributed by atoms with van der Waals surface area (Å²) in [5, 5.41) is 20.2. The molecule has 0 spiro atoms. The zero-order valence-electron chi connectivity index (χ0n) is 16.2. The molecule has 0 bridgehead atoms. The molecule has 0 atom stereocenters. The number of rotatable bonds is 1. The van der Waals surface area contributed by atoms with Gasteiger partial charge in [0.25, 0.3) is 0 Å². The summed E-state index contributed by atoms with van der Waals surface area (Å²) in [6.07, 6.45) is 0. The molecule has 0 saturated carbocycles. The topological polar surface area (TPSA) is 50.9 Å². The Balaban J connectivity index is 2.36. The van der Waals surface area contributed by atoms with Crippen molar-refractivity contribution in [2.45, 2.75) is 59.3 Å². The standard InChI is InChI=1S/C21H27N3O/c1-13-14(20(2,3)4)12-17(19(25)18(13)21(5,6)7)24-22-15-10-8-9-11-16(15)23-24/h8-12,25H,1-7H3. The fourth-order valence-corrected chi connectivity index (χ4v) is 3.57. The van der Waals surface area contributed by atoms with Gasteiger partial charge in [-0.25, -0.2) is 0 Å². The van der Waals surface area contributed by atoms with Crippen LogP contribution < -0.4 is 0 Å². The maximum Gasteiger partial charge on any atom is 0.147 e. The molecule has 1 heterocycles. The molecule has 3 rings (SSSR count). The zero-order chi connectivity index (χ0) is 18.6. The second kappa shape index (κ2) is 5.58. The highest BCUT2D eigenvalue weighted by atomic mass is 16.3. The van der Waals surface area contributed by atoms with E-state index in [1.165, 1.54) is 5.56 Å². The number of benzene rings is 2. The first kappa shape index (κ1) is 17.5. The Labute approximate surface area is 149 Å². The fourth-order valence-electron chi connectivity index (χ4n) is 3.57. The van der Waals surface area contributed by atoms with E-state index in [9.17, 15) is 5.11 Å². The fraction of sp³-hybridized carbons (Fsp3) is 0.429. The van der Waals surface area contributed by atoms with Gasteiger partial charge in [-0.2, -0.15) is 0 Å². The Kier molecular flexibility index (Phi) is 3.90. The predicted octanol–water partition coefficient (Wildman–Crippen LogP) is 5.03. The number of hydrogen-bond acceptors (Lipinski definition) is 3. The molecule has 25 heavy (non-hydrogen) atoms. The van der Waals surface area contributed by atoms with E-state index < -0.39 is 0 Å². The Morgan fingerprint density at radius 2 is 1.40 bits per heavy atom. The monoisotopic (exact) mass is 337 g/mol. The molecule has 0 radical (unpaired) electrons. The van der Waals surface area contributed by atoms with Gasteiger partial charge in [0.1, 0.15) is 22.5 Å². The van der Waals surface area contributed by atoms with Crippen molar-refractivity contribution in [3.8, 4) is 11.4 Å². The Hall–Kier alpha value is -2.36. The first-order valence-electron chi connectivity index (χ1n) is 8.70. The average molecular weight is 337 g/mol. The van der Waals surface area contributed by atoms with Crippen molar-refractivity contribution in [1.82, 2.24) is 15.0 Å². The van der Waals surface area contributed by atoms with Gasteiger partial charge in [0.05, 0.1) is 0 Å². The van der Waals surface area contributed by atoms with Crippen LogP contribution in [-0.4, -0.2) is 20.1 Å². The van der Waals surface area contributed by atoms with Crippen LogP contribution in [0.15, 0.2) is 30.3 Å². The van der Waals surface area contributed by atoms with E-state index in [1.807, 2.05) is 30.3 Å². The van der Waals surface area contributed by atoms with Crippen LogP contribution >= 0.6 is 0 Å². The lowest BCUT2D eigenvalue weighted by Crippen LogP contribution is -2.21. The van der Waals surface area contributed by atoms with Crippen LogP contribution in [0, 0.1) is 6.92 Å². The van der Waals surface area contributed by atoms with Crippen LogP contribution in [0.25, 0.3) is 16.7 Å². The third-order valence-corrected chi connectivity index (χ3v) is 4.60. The summed E-state index contributed by atoms with van der Waals surface area (Å²) in [7, 11) is 0. The first-order chi connectivity index (χ1) is 11.5. The van der Waals surface area contributed by atoms with E-state index >= 15 is 0 Å². The lowest BCUT2D eigenvalue weighted by Gasteiger charge is -2.30. The van der Waals surface area contributed by atoms with Gasteiger partial charge in [0, 0.05) is 5.56 Å². The van der Waals surface area contributed by atoms with Crippen molar-refractivity contribution < 1.29 is 5.11 Å². The van der Waals surface area contributed by atoms with E-state index in [2.05, 4.69) is 58.7 Å². The molecule has 0 aliphatic carbocycles. The van der Waals surface area contributed by atoms with Crippen molar-refractivity contribution >= 4 is 11.0 Å². The molecule has 4 nitrogen and oxygen atoms in total. The second-order valence-corrected chi connectivity index (χ2v) is 8.77. The van der Waals surface area contributed by atoms with E-state index in [1.54, 1.807) is 4.80 Å². The predicted molar refractivity (Wildman–Crippen MR) is 103 cm³/mol. The van der Waals surface area contributed by atoms with Crippen LogP contribution in [0.1, 0.15) is 58.2 Å². The van der Waals surface area contributed by atoms with Gasteiger partial charge < -0.3 is 5.11 Å². The average Bonchev–Trinajstić information content (AvgIpc) is 2.87. The molecule has 0 aliphatic heterocycles. The summed E-state index contributed by atoms with van der Waals surface area (Å²) in [5.74, 6) is 0.262. The summed E-state index contributed by atoms with van der Waals surface area (Å²) in [5.41, 5.74) is 5.34. The Morgan fingerprint density at radius 3 is 1.84 bits per heavy atom. The van der Waals surface area contributed by atoms with Crippen LogP contribution in [0.2, 0.25) is 0 Å². The first-order valence-corrected chi connectivity index (χ1v) is 8.70. The quantitative estimate of drug-likeness (QED) is 0.677. The molecule has 0 aliphatic rings. The van der Waals surface area contributed by atoms with Crippen LogP contribution in [0.4, 0.5) is 0 Å². The maximum absolute atomic E-state index is 11.1. The number of phenolic OH excluding ortho intramolecular Hbond substituents is 1. The highest BCUT2D eigenvalue weighted by molar-refractivity contribution is 5.74. The van der Waals surface area contributed by atoms with Gasteiger partial charge in [-0.1, -0.05) is 53.7 Å². The minimum atomic E-state index is -0.184. The summed E-state index contributed by atoms with van der Waals surface area (Å²) in [4.78, 5) is 1.56. The highest BCUT2D eigenvalue weighted by Gasteiger charge is 2.29. The van der Waals surface area contributed by atoms with Gasteiger partial charge in [-0.3, -0.25) is 0 Å². The van der Waals surface area contributed by atoms with E-state index in [4.69, 9.17) is 0 Å². The SMILES string of the molecule is Cc1c(C(C)(C)C)cc(-n2nc3ccccc3n2)c(O)c1C(C)(C)C. The highest BCUT2D eigenvalue weighted by Crippen LogP contribution is 2.42. The molecule has 4 heteroatoms. The molecular formula is C21H27N3O. The van der Waals surface area contributed by atoms with Crippen molar-refractivity contribution in [1.29, 1.82) is 0 Å². The number of aromatic nitrogens is 3.